The molecule has 8 nitrogen and oxygen atoms in total. The van der Waals surface area contributed by atoms with E-state index < -0.39 is 0 Å². The van der Waals surface area contributed by atoms with E-state index in [9.17, 15) is 9.59 Å². The molecular weight excluding hydrogens is 368 g/mol. The lowest BCUT2D eigenvalue weighted by Gasteiger charge is -2.20. The van der Waals surface area contributed by atoms with Crippen LogP contribution in [0.5, 0.6) is 0 Å². The summed E-state index contributed by atoms with van der Waals surface area (Å²) in [5, 5.41) is 14.0. The number of aryl methyl sites for hydroxylation is 3. The fourth-order valence-electron chi connectivity index (χ4n) is 3.43. The van der Waals surface area contributed by atoms with Crippen molar-refractivity contribution >= 4 is 11.8 Å². The van der Waals surface area contributed by atoms with Crippen molar-refractivity contribution in [2.45, 2.75) is 39.9 Å². The summed E-state index contributed by atoms with van der Waals surface area (Å²) in [7, 11) is 0. The van der Waals surface area contributed by atoms with Crippen molar-refractivity contribution < 1.29 is 9.59 Å². The Morgan fingerprint density at radius 1 is 1.21 bits per heavy atom. The molecule has 8 heteroatoms. The zero-order valence-corrected chi connectivity index (χ0v) is 16.6. The molecule has 0 aliphatic carbocycles. The highest BCUT2D eigenvalue weighted by molar-refractivity contribution is 5.98. The lowest BCUT2D eigenvalue weighted by atomic mass is 10.1. The molecule has 0 unspecified atom stereocenters. The minimum atomic E-state index is -0.302. The normalized spacial score (nSPS) is 13.9. The Bertz CT molecular complexity index is 1030. The first-order valence-electron chi connectivity index (χ1n) is 9.71. The Labute approximate surface area is 168 Å². The van der Waals surface area contributed by atoms with Gasteiger partial charge in [0.2, 0.25) is 0 Å². The Morgan fingerprint density at radius 2 is 2.00 bits per heavy atom. The fraction of sp³-hybridized carbons (Fsp3) is 0.333. The van der Waals surface area contributed by atoms with Gasteiger partial charge in [-0.1, -0.05) is 29.8 Å². The summed E-state index contributed by atoms with van der Waals surface area (Å²) >= 11 is 0. The first-order valence-corrected chi connectivity index (χ1v) is 9.71. The monoisotopic (exact) mass is 392 g/mol. The van der Waals surface area contributed by atoms with Crippen LogP contribution in [0.2, 0.25) is 0 Å². The highest BCUT2D eigenvalue weighted by Gasteiger charge is 2.26. The van der Waals surface area contributed by atoms with Gasteiger partial charge >= 0.3 is 0 Å². The van der Waals surface area contributed by atoms with Crippen LogP contribution in [0.25, 0.3) is 0 Å². The van der Waals surface area contributed by atoms with Crippen LogP contribution in [-0.4, -0.2) is 43.2 Å². The number of nitrogens with zero attached hydrogens (tertiary/aromatic N) is 4. The zero-order chi connectivity index (χ0) is 20.4. The van der Waals surface area contributed by atoms with Crippen molar-refractivity contribution in [1.29, 1.82) is 0 Å². The minimum absolute atomic E-state index is 0.0969. The topological polar surface area (TPSA) is 95.9 Å². The molecule has 1 aliphatic rings. The number of carbonyl (C=O) groups excluding carboxylic acids is 2. The van der Waals surface area contributed by atoms with Crippen LogP contribution >= 0.6 is 0 Å². The number of carbonyl (C=O) groups is 2. The highest BCUT2D eigenvalue weighted by atomic mass is 16.2. The van der Waals surface area contributed by atoms with Crippen molar-refractivity contribution in [2.24, 2.45) is 0 Å². The molecule has 3 aromatic rings. The van der Waals surface area contributed by atoms with Crippen molar-refractivity contribution in [3.63, 3.8) is 0 Å². The predicted molar refractivity (Wildman–Crippen MR) is 107 cm³/mol. The molecule has 0 saturated carbocycles. The van der Waals surface area contributed by atoms with E-state index in [2.05, 4.69) is 20.6 Å². The van der Waals surface area contributed by atoms with Gasteiger partial charge in [-0.25, -0.2) is 0 Å². The second-order valence-electron chi connectivity index (χ2n) is 7.41. The highest BCUT2D eigenvalue weighted by Crippen LogP contribution is 2.17. The van der Waals surface area contributed by atoms with Gasteiger partial charge < -0.3 is 10.2 Å². The lowest BCUT2D eigenvalue weighted by Crippen LogP contribution is -2.30. The summed E-state index contributed by atoms with van der Waals surface area (Å²) in [4.78, 5) is 27.4. The number of fused-ring (bicyclic) bond motifs is 1. The van der Waals surface area contributed by atoms with Gasteiger partial charge in [-0.15, -0.1) is 0 Å². The van der Waals surface area contributed by atoms with Crippen molar-refractivity contribution in [2.75, 3.05) is 6.54 Å². The summed E-state index contributed by atoms with van der Waals surface area (Å²) in [5.41, 5.74) is 4.82. The van der Waals surface area contributed by atoms with E-state index in [1.807, 2.05) is 43.0 Å². The molecule has 2 N–H and O–H groups in total. The molecule has 0 fully saturated rings. The lowest BCUT2D eigenvalue weighted by molar-refractivity contribution is 0.0745. The van der Waals surface area contributed by atoms with Crippen LogP contribution in [0.4, 0.5) is 0 Å². The predicted octanol–water partition coefficient (Wildman–Crippen LogP) is 2.20. The summed E-state index contributed by atoms with van der Waals surface area (Å²) in [5.74, 6) is -0.399. The number of nitrogens with one attached hydrogen (secondary N) is 2. The molecule has 4 rings (SSSR count). The summed E-state index contributed by atoms with van der Waals surface area (Å²) in [6.45, 7) is 6.12. The smallest absolute Gasteiger partial charge is 0.272 e. The van der Waals surface area contributed by atoms with Gasteiger partial charge in [-0.05, 0) is 25.8 Å². The van der Waals surface area contributed by atoms with Gasteiger partial charge in [0.1, 0.15) is 5.69 Å². The molecule has 2 amide bonds. The van der Waals surface area contributed by atoms with Gasteiger partial charge in [-0.3, -0.25) is 19.4 Å². The standard InChI is InChI=1S/C21H24N6O2/c1-14-4-6-16(7-5-14)13-26-8-3-9-27-19(21(26)29)10-18(25-27)20(28)22-11-17-12-23-24-15(17)2/h4-7,10,12H,3,8-9,11,13H2,1-2H3,(H,22,28)(H,23,24). The number of hydrogen-bond acceptors (Lipinski definition) is 4. The van der Waals surface area contributed by atoms with E-state index in [0.29, 0.717) is 31.9 Å². The SMILES string of the molecule is Cc1ccc(CN2CCCn3nc(C(=O)NCc4cn[nH]c4C)cc3C2=O)cc1. The summed E-state index contributed by atoms with van der Waals surface area (Å²) in [6, 6.07) is 9.77. The van der Waals surface area contributed by atoms with Crippen molar-refractivity contribution in [3.05, 3.63) is 70.3 Å². The second-order valence-corrected chi connectivity index (χ2v) is 7.41. The summed E-state index contributed by atoms with van der Waals surface area (Å²) < 4.78 is 1.65. The van der Waals surface area contributed by atoms with E-state index in [-0.39, 0.29) is 17.5 Å². The largest absolute Gasteiger partial charge is 0.346 e. The first kappa shape index (κ1) is 18.9. The maximum atomic E-state index is 13.1. The third kappa shape index (κ3) is 4.06. The molecule has 0 saturated heterocycles. The molecule has 29 heavy (non-hydrogen) atoms. The van der Waals surface area contributed by atoms with Crippen LogP contribution in [0.3, 0.4) is 0 Å². The number of aromatic amines is 1. The molecule has 0 radical (unpaired) electrons. The molecule has 1 aliphatic heterocycles. The molecule has 2 aromatic heterocycles. The Kier molecular flexibility index (Phi) is 5.16. The van der Waals surface area contributed by atoms with Gasteiger partial charge in [0, 0.05) is 43.5 Å². The van der Waals surface area contributed by atoms with Crippen LogP contribution in [-0.2, 0) is 19.6 Å². The van der Waals surface area contributed by atoms with Crippen molar-refractivity contribution in [1.82, 2.24) is 30.2 Å². The number of hydrogen-bond donors (Lipinski definition) is 2. The maximum Gasteiger partial charge on any atom is 0.272 e. The van der Waals surface area contributed by atoms with E-state index in [0.717, 1.165) is 23.2 Å². The number of aromatic nitrogens is 4. The van der Waals surface area contributed by atoms with Crippen LogP contribution in [0.15, 0.2) is 36.5 Å². The molecule has 1 aromatic carbocycles. The number of rotatable bonds is 5. The quantitative estimate of drug-likeness (QED) is 0.696. The average molecular weight is 392 g/mol. The van der Waals surface area contributed by atoms with E-state index in [4.69, 9.17) is 0 Å². The molecular formula is C21H24N6O2. The first-order chi connectivity index (χ1) is 14.0. The summed E-state index contributed by atoms with van der Waals surface area (Å²) in [6.07, 6.45) is 2.48. The molecule has 150 valence electrons. The van der Waals surface area contributed by atoms with Gasteiger partial charge in [-0.2, -0.15) is 10.2 Å². The number of benzene rings is 1. The van der Waals surface area contributed by atoms with Gasteiger partial charge in [0.05, 0.1) is 6.20 Å². The zero-order valence-electron chi connectivity index (χ0n) is 16.6. The fourth-order valence-corrected chi connectivity index (χ4v) is 3.43. The molecule has 0 atom stereocenters. The Morgan fingerprint density at radius 3 is 2.72 bits per heavy atom. The van der Waals surface area contributed by atoms with E-state index in [1.54, 1.807) is 16.9 Å². The third-order valence-electron chi connectivity index (χ3n) is 5.18. The van der Waals surface area contributed by atoms with Crippen LogP contribution in [0, 0.1) is 13.8 Å². The number of H-pyrrole nitrogens is 1. The van der Waals surface area contributed by atoms with Crippen molar-refractivity contribution in [3.8, 4) is 0 Å². The van der Waals surface area contributed by atoms with Gasteiger partial charge in [0.15, 0.2) is 5.69 Å². The molecule has 0 bridgehead atoms. The van der Waals surface area contributed by atoms with E-state index >= 15 is 0 Å². The maximum absolute atomic E-state index is 13.1. The molecule has 0 spiro atoms. The van der Waals surface area contributed by atoms with Gasteiger partial charge in [0.25, 0.3) is 11.8 Å². The minimum Gasteiger partial charge on any atom is -0.346 e. The molecule has 3 heterocycles. The second kappa shape index (κ2) is 7.90. The van der Waals surface area contributed by atoms with Crippen LogP contribution < -0.4 is 5.32 Å². The van der Waals surface area contributed by atoms with Crippen LogP contribution in [0.1, 0.15) is 49.8 Å². The Hall–Kier alpha value is -3.42. The average Bonchev–Trinajstić information content (AvgIpc) is 3.29. The Balaban J connectivity index is 1.47. The number of amides is 2. The third-order valence-corrected chi connectivity index (χ3v) is 5.18. The van der Waals surface area contributed by atoms with E-state index in [1.165, 1.54) is 5.56 Å².